The van der Waals surface area contributed by atoms with Gasteiger partial charge in [-0.1, -0.05) is 42.9 Å². The highest BCUT2D eigenvalue weighted by Crippen LogP contribution is 2.38. The van der Waals surface area contributed by atoms with Crippen LogP contribution < -0.4 is 5.32 Å². The van der Waals surface area contributed by atoms with E-state index < -0.39 is 0 Å². The molecule has 1 heterocycles. The van der Waals surface area contributed by atoms with Crippen molar-refractivity contribution in [2.45, 2.75) is 54.7 Å². The molecule has 3 nitrogen and oxygen atoms in total. The van der Waals surface area contributed by atoms with Crippen molar-refractivity contribution < 1.29 is 0 Å². The van der Waals surface area contributed by atoms with Gasteiger partial charge in [-0.05, 0) is 32.2 Å². The predicted molar refractivity (Wildman–Crippen MR) is 74.7 cm³/mol. The average Bonchev–Trinajstić information content (AvgIpc) is 2.83. The fraction of sp³-hybridized carbons (Fsp3) is 0.833. The van der Waals surface area contributed by atoms with E-state index in [1.165, 1.54) is 32.1 Å². The Morgan fingerprint density at radius 3 is 3.06 bits per heavy atom. The van der Waals surface area contributed by atoms with Gasteiger partial charge >= 0.3 is 0 Å². The van der Waals surface area contributed by atoms with Crippen molar-refractivity contribution in [3.8, 4) is 0 Å². The van der Waals surface area contributed by atoms with Gasteiger partial charge in [0.15, 0.2) is 4.34 Å². The summed E-state index contributed by atoms with van der Waals surface area (Å²) < 4.78 is 1.12. The highest BCUT2D eigenvalue weighted by Gasteiger charge is 2.30. The molecule has 0 saturated heterocycles. The first kappa shape index (κ1) is 13.3. The van der Waals surface area contributed by atoms with Gasteiger partial charge in [-0.15, -0.1) is 10.2 Å². The van der Waals surface area contributed by atoms with Crippen molar-refractivity contribution in [1.29, 1.82) is 0 Å². The summed E-state index contributed by atoms with van der Waals surface area (Å²) in [6.45, 7) is 2.29. The maximum atomic E-state index is 4.15. The van der Waals surface area contributed by atoms with E-state index in [2.05, 4.69) is 29.5 Å². The van der Waals surface area contributed by atoms with E-state index in [4.69, 9.17) is 0 Å². The van der Waals surface area contributed by atoms with Gasteiger partial charge in [-0.3, -0.25) is 0 Å². The number of hydrogen-bond acceptors (Lipinski definition) is 5. The third-order valence-corrected chi connectivity index (χ3v) is 5.73. The summed E-state index contributed by atoms with van der Waals surface area (Å²) in [5, 5.41) is 12.2. The van der Waals surface area contributed by atoms with Crippen LogP contribution in [0.25, 0.3) is 0 Å². The smallest absolute Gasteiger partial charge is 0.174 e. The molecule has 1 fully saturated rings. The molecule has 3 unspecified atom stereocenters. The van der Waals surface area contributed by atoms with Gasteiger partial charge < -0.3 is 5.32 Å². The third kappa shape index (κ3) is 3.66. The van der Waals surface area contributed by atoms with Crippen LogP contribution in [0.3, 0.4) is 0 Å². The van der Waals surface area contributed by atoms with E-state index in [9.17, 15) is 0 Å². The van der Waals surface area contributed by atoms with Crippen LogP contribution in [0.4, 0.5) is 0 Å². The predicted octanol–water partition coefficient (Wildman–Crippen LogP) is 3.19. The molecule has 1 saturated carbocycles. The molecule has 17 heavy (non-hydrogen) atoms. The quantitative estimate of drug-likeness (QED) is 0.892. The van der Waals surface area contributed by atoms with E-state index >= 15 is 0 Å². The van der Waals surface area contributed by atoms with E-state index in [0.29, 0.717) is 11.3 Å². The van der Waals surface area contributed by atoms with Gasteiger partial charge in [-0.25, -0.2) is 0 Å². The maximum absolute atomic E-state index is 4.15. The number of nitrogens with one attached hydrogen (secondary N) is 1. The number of hydrogen-bond donors (Lipinski definition) is 1. The summed E-state index contributed by atoms with van der Waals surface area (Å²) >= 11 is 3.57. The fourth-order valence-electron chi connectivity index (χ4n) is 2.69. The van der Waals surface area contributed by atoms with E-state index in [-0.39, 0.29) is 0 Å². The molecular weight excluding hydrogens is 250 g/mol. The first-order chi connectivity index (χ1) is 8.33. The number of rotatable bonds is 5. The van der Waals surface area contributed by atoms with E-state index in [1.54, 1.807) is 11.3 Å². The molecule has 0 aromatic carbocycles. The fourth-order valence-corrected chi connectivity index (χ4v) is 4.85. The summed E-state index contributed by atoms with van der Waals surface area (Å²) in [5.74, 6) is 0.912. The van der Waals surface area contributed by atoms with Crippen LogP contribution in [0, 0.1) is 5.92 Å². The zero-order valence-corrected chi connectivity index (χ0v) is 12.2. The number of aromatic nitrogens is 2. The minimum atomic E-state index is 0.636. The molecule has 0 spiro atoms. The van der Waals surface area contributed by atoms with Gasteiger partial charge in [-0.2, -0.15) is 0 Å². The topological polar surface area (TPSA) is 37.8 Å². The molecule has 2 rings (SSSR count). The maximum Gasteiger partial charge on any atom is 0.174 e. The minimum absolute atomic E-state index is 0.636. The molecule has 96 valence electrons. The summed E-state index contributed by atoms with van der Waals surface area (Å²) in [6, 6.07) is 0.636. The van der Waals surface area contributed by atoms with E-state index in [0.717, 1.165) is 10.3 Å². The second-order valence-corrected chi connectivity index (χ2v) is 7.04. The Balaban J connectivity index is 1.94. The van der Waals surface area contributed by atoms with Crippen molar-refractivity contribution in [3.05, 3.63) is 5.51 Å². The van der Waals surface area contributed by atoms with Crippen LogP contribution in [-0.4, -0.2) is 28.5 Å². The van der Waals surface area contributed by atoms with Crippen LogP contribution in [0.5, 0.6) is 0 Å². The normalized spacial score (nSPS) is 29.4. The molecular formula is C12H21N3S2. The van der Waals surface area contributed by atoms with Crippen LogP contribution in [-0.2, 0) is 0 Å². The Morgan fingerprint density at radius 2 is 2.41 bits per heavy atom. The molecule has 1 N–H and O–H groups in total. The standard InChI is InChI=1S/C12H21N3S2/c1-3-4-9-5-6-10(13-2)11(7-9)17-12-15-14-8-16-12/h8-11,13H,3-7H2,1-2H3. The van der Waals surface area contributed by atoms with Crippen molar-refractivity contribution >= 4 is 23.1 Å². The molecule has 0 radical (unpaired) electrons. The Labute approximate surface area is 112 Å². The van der Waals surface area contributed by atoms with Crippen LogP contribution in [0.15, 0.2) is 9.85 Å². The molecule has 1 aromatic heterocycles. The van der Waals surface area contributed by atoms with Crippen LogP contribution in [0.1, 0.15) is 39.0 Å². The van der Waals surface area contributed by atoms with Gasteiger partial charge in [0, 0.05) is 11.3 Å². The average molecular weight is 271 g/mol. The third-order valence-electron chi connectivity index (χ3n) is 3.56. The number of thioether (sulfide) groups is 1. The molecule has 0 bridgehead atoms. The molecule has 0 amide bonds. The van der Waals surface area contributed by atoms with Crippen molar-refractivity contribution in [2.24, 2.45) is 5.92 Å². The molecule has 0 aliphatic heterocycles. The van der Waals surface area contributed by atoms with Crippen LogP contribution >= 0.6 is 23.1 Å². The van der Waals surface area contributed by atoms with Crippen molar-refractivity contribution in [2.75, 3.05) is 7.05 Å². The highest BCUT2D eigenvalue weighted by atomic mass is 32.2. The first-order valence-electron chi connectivity index (χ1n) is 6.43. The molecule has 3 atom stereocenters. The molecule has 1 aliphatic rings. The van der Waals surface area contributed by atoms with Gasteiger partial charge in [0.1, 0.15) is 5.51 Å². The summed E-state index contributed by atoms with van der Waals surface area (Å²) in [4.78, 5) is 0. The van der Waals surface area contributed by atoms with Gasteiger partial charge in [0.25, 0.3) is 0 Å². The van der Waals surface area contributed by atoms with Gasteiger partial charge in [0.05, 0.1) is 0 Å². The van der Waals surface area contributed by atoms with Gasteiger partial charge in [0.2, 0.25) is 0 Å². The lowest BCUT2D eigenvalue weighted by molar-refractivity contribution is 0.295. The largest absolute Gasteiger partial charge is 0.316 e. The zero-order chi connectivity index (χ0) is 12.1. The second-order valence-electron chi connectivity index (χ2n) is 4.72. The lowest BCUT2D eigenvalue weighted by Crippen LogP contribution is -2.40. The summed E-state index contributed by atoms with van der Waals surface area (Å²) in [5.41, 5.74) is 1.82. The molecule has 1 aromatic rings. The SMILES string of the molecule is CCCC1CCC(NC)C(Sc2nncs2)C1. The zero-order valence-electron chi connectivity index (χ0n) is 10.6. The van der Waals surface area contributed by atoms with E-state index in [1.807, 2.05) is 17.3 Å². The van der Waals surface area contributed by atoms with Crippen LogP contribution in [0.2, 0.25) is 0 Å². The lowest BCUT2D eigenvalue weighted by Gasteiger charge is -2.35. The Kier molecular flexibility index (Phi) is 5.25. The lowest BCUT2D eigenvalue weighted by atomic mass is 9.83. The highest BCUT2D eigenvalue weighted by molar-refractivity contribution is 8.01. The molecule has 5 heteroatoms. The van der Waals surface area contributed by atoms with Crippen molar-refractivity contribution in [3.63, 3.8) is 0 Å². The summed E-state index contributed by atoms with van der Waals surface area (Å²) in [6.07, 6.45) is 6.70. The second kappa shape index (κ2) is 6.71. The summed E-state index contributed by atoms with van der Waals surface area (Å²) in [7, 11) is 2.08. The Bertz CT molecular complexity index is 316. The first-order valence-corrected chi connectivity index (χ1v) is 8.19. The monoisotopic (exact) mass is 271 g/mol. The van der Waals surface area contributed by atoms with Crippen molar-refractivity contribution in [1.82, 2.24) is 15.5 Å². The molecule has 1 aliphatic carbocycles. The Morgan fingerprint density at radius 1 is 1.53 bits per heavy atom. The minimum Gasteiger partial charge on any atom is -0.316 e. The Hall–Kier alpha value is -0.130. The number of nitrogens with zero attached hydrogens (tertiary/aromatic N) is 2.